The summed E-state index contributed by atoms with van der Waals surface area (Å²) in [6, 6.07) is 0. The van der Waals surface area contributed by atoms with E-state index in [2.05, 4.69) is 38.2 Å². The standard InChI is InChI=1S/C36H66O2/c1-3-5-7-9-11-13-14-15-16-17-18-20-22-24-29-33-36(38)35(32-28-25-26-30-34-37)31-27-23-21-19-12-10-8-6-4-2/h12,19,23,27,34-35H,3-11,13-18,20-22,24-26,28-33H2,1-2H3. The number of hydrogen-bond donors (Lipinski definition) is 0. The van der Waals surface area contributed by atoms with Gasteiger partial charge in [-0.05, 0) is 44.9 Å². The second-order valence-electron chi connectivity index (χ2n) is 11.6. The lowest BCUT2D eigenvalue weighted by atomic mass is 9.90. The van der Waals surface area contributed by atoms with Gasteiger partial charge in [-0.3, -0.25) is 4.79 Å². The highest BCUT2D eigenvalue weighted by Crippen LogP contribution is 2.20. The lowest BCUT2D eigenvalue weighted by molar-refractivity contribution is -0.123. The maximum atomic E-state index is 13.0. The molecule has 2 heteroatoms. The first-order valence-electron chi connectivity index (χ1n) is 17.0. The summed E-state index contributed by atoms with van der Waals surface area (Å²) < 4.78 is 0. The molecule has 0 aliphatic carbocycles. The summed E-state index contributed by atoms with van der Waals surface area (Å²) in [5, 5.41) is 0. The number of carbonyl (C=O) groups is 2. The van der Waals surface area contributed by atoms with E-state index in [-0.39, 0.29) is 5.92 Å². The van der Waals surface area contributed by atoms with Crippen molar-refractivity contribution in [2.45, 2.75) is 187 Å². The smallest absolute Gasteiger partial charge is 0.136 e. The molecule has 0 amide bonds. The lowest BCUT2D eigenvalue weighted by Crippen LogP contribution is -2.14. The molecule has 0 saturated heterocycles. The van der Waals surface area contributed by atoms with Gasteiger partial charge < -0.3 is 4.79 Å². The molecule has 0 aromatic rings. The second kappa shape index (κ2) is 32.0. The summed E-state index contributed by atoms with van der Waals surface area (Å²) in [6.45, 7) is 4.53. The van der Waals surface area contributed by atoms with Crippen molar-refractivity contribution in [3.63, 3.8) is 0 Å². The summed E-state index contributed by atoms with van der Waals surface area (Å²) in [4.78, 5) is 23.5. The van der Waals surface area contributed by atoms with Crippen LogP contribution in [0, 0.1) is 5.92 Å². The van der Waals surface area contributed by atoms with Crippen LogP contribution in [0.15, 0.2) is 24.3 Å². The Hall–Kier alpha value is -1.18. The van der Waals surface area contributed by atoms with Gasteiger partial charge in [0.15, 0.2) is 0 Å². The van der Waals surface area contributed by atoms with E-state index in [1.165, 1.54) is 116 Å². The average molecular weight is 531 g/mol. The highest BCUT2D eigenvalue weighted by atomic mass is 16.1. The number of carbonyl (C=O) groups excluding carboxylic acids is 2. The third kappa shape index (κ3) is 27.8. The molecular formula is C36H66O2. The molecule has 1 unspecified atom stereocenters. The largest absolute Gasteiger partial charge is 0.303 e. The number of Topliss-reactive ketones (excluding diaryl/α,β-unsaturated/α-hetero) is 1. The number of unbranched alkanes of at least 4 members (excludes halogenated alkanes) is 20. The van der Waals surface area contributed by atoms with Crippen LogP contribution in [0.25, 0.3) is 0 Å². The molecule has 0 bridgehead atoms. The normalized spacial score (nSPS) is 12.6. The Labute approximate surface area is 238 Å². The molecule has 0 aliphatic heterocycles. The minimum Gasteiger partial charge on any atom is -0.303 e. The van der Waals surface area contributed by atoms with Crippen LogP contribution in [0.3, 0.4) is 0 Å². The average Bonchev–Trinajstić information content (AvgIpc) is 2.92. The van der Waals surface area contributed by atoms with Crippen LogP contribution in [0.1, 0.15) is 187 Å². The number of hydrogen-bond acceptors (Lipinski definition) is 2. The first-order valence-corrected chi connectivity index (χ1v) is 17.0. The highest BCUT2D eigenvalue weighted by Gasteiger charge is 2.16. The maximum absolute atomic E-state index is 13.0. The van der Waals surface area contributed by atoms with Crippen LogP contribution in [0.4, 0.5) is 0 Å². The fourth-order valence-corrected chi connectivity index (χ4v) is 5.24. The molecule has 0 aromatic heterocycles. The molecule has 1 atom stereocenters. The molecule has 0 spiro atoms. The molecule has 0 N–H and O–H groups in total. The predicted molar refractivity (Wildman–Crippen MR) is 169 cm³/mol. The summed E-state index contributed by atoms with van der Waals surface area (Å²) in [5.74, 6) is 0.637. The summed E-state index contributed by atoms with van der Waals surface area (Å²) in [6.07, 6.45) is 42.8. The molecule has 0 aliphatic rings. The van der Waals surface area contributed by atoms with E-state index in [1.807, 2.05) is 0 Å². The topological polar surface area (TPSA) is 34.1 Å². The zero-order valence-electron chi connectivity index (χ0n) is 25.9. The minimum absolute atomic E-state index is 0.169. The second-order valence-corrected chi connectivity index (χ2v) is 11.6. The first-order chi connectivity index (χ1) is 18.8. The van der Waals surface area contributed by atoms with Crippen LogP contribution < -0.4 is 0 Å². The van der Waals surface area contributed by atoms with Crippen molar-refractivity contribution in [1.82, 2.24) is 0 Å². The van der Waals surface area contributed by atoms with Crippen LogP contribution in [0.5, 0.6) is 0 Å². The van der Waals surface area contributed by atoms with Gasteiger partial charge in [0.05, 0.1) is 0 Å². The van der Waals surface area contributed by atoms with Gasteiger partial charge in [-0.2, -0.15) is 0 Å². The zero-order valence-corrected chi connectivity index (χ0v) is 25.9. The fraction of sp³-hybridized carbons (Fsp3) is 0.833. The van der Waals surface area contributed by atoms with E-state index in [1.54, 1.807) is 0 Å². The Balaban J connectivity index is 3.95. The molecular weight excluding hydrogens is 464 g/mol. The summed E-state index contributed by atoms with van der Waals surface area (Å²) in [7, 11) is 0. The van der Waals surface area contributed by atoms with Gasteiger partial charge in [0.25, 0.3) is 0 Å². The molecule has 222 valence electrons. The van der Waals surface area contributed by atoms with Gasteiger partial charge >= 0.3 is 0 Å². The number of ketones is 1. The molecule has 0 radical (unpaired) electrons. The molecule has 0 saturated carbocycles. The molecule has 0 heterocycles. The van der Waals surface area contributed by atoms with Gasteiger partial charge in [-0.15, -0.1) is 0 Å². The first kappa shape index (κ1) is 36.8. The van der Waals surface area contributed by atoms with Crippen molar-refractivity contribution >= 4 is 12.1 Å². The summed E-state index contributed by atoms with van der Waals surface area (Å²) >= 11 is 0. The van der Waals surface area contributed by atoms with Crippen LogP contribution in [-0.2, 0) is 9.59 Å². The molecule has 0 fully saturated rings. The van der Waals surface area contributed by atoms with Crippen LogP contribution >= 0.6 is 0 Å². The van der Waals surface area contributed by atoms with E-state index < -0.39 is 0 Å². The maximum Gasteiger partial charge on any atom is 0.136 e. The molecule has 38 heavy (non-hydrogen) atoms. The Kier molecular flexibility index (Phi) is 31.0. The molecule has 0 rings (SSSR count). The SMILES string of the molecule is CCCCCC=CCC=CCC(CCCCCC=O)C(=O)CCCCCCCCCCCCCCCCC. The monoisotopic (exact) mass is 531 g/mol. The van der Waals surface area contributed by atoms with Gasteiger partial charge in [-0.25, -0.2) is 0 Å². The Bertz CT molecular complexity index is 548. The van der Waals surface area contributed by atoms with E-state index in [9.17, 15) is 9.59 Å². The van der Waals surface area contributed by atoms with Crippen molar-refractivity contribution < 1.29 is 9.59 Å². The number of aldehydes is 1. The Morgan fingerprint density at radius 2 is 1.00 bits per heavy atom. The van der Waals surface area contributed by atoms with Crippen LogP contribution in [-0.4, -0.2) is 12.1 Å². The Morgan fingerprint density at radius 1 is 0.526 bits per heavy atom. The quantitative estimate of drug-likeness (QED) is 0.0507. The van der Waals surface area contributed by atoms with Crippen molar-refractivity contribution in [3.05, 3.63) is 24.3 Å². The van der Waals surface area contributed by atoms with Crippen molar-refractivity contribution in [3.8, 4) is 0 Å². The number of allylic oxidation sites excluding steroid dienone is 4. The van der Waals surface area contributed by atoms with E-state index in [0.717, 1.165) is 57.7 Å². The zero-order chi connectivity index (χ0) is 27.8. The highest BCUT2D eigenvalue weighted by molar-refractivity contribution is 5.81. The van der Waals surface area contributed by atoms with E-state index in [0.29, 0.717) is 12.2 Å². The minimum atomic E-state index is 0.169. The van der Waals surface area contributed by atoms with E-state index in [4.69, 9.17) is 0 Å². The van der Waals surface area contributed by atoms with Gasteiger partial charge in [-0.1, -0.05) is 154 Å². The Morgan fingerprint density at radius 3 is 1.58 bits per heavy atom. The van der Waals surface area contributed by atoms with E-state index >= 15 is 0 Å². The molecule has 2 nitrogen and oxygen atoms in total. The third-order valence-electron chi connectivity index (χ3n) is 7.86. The summed E-state index contributed by atoms with van der Waals surface area (Å²) in [5.41, 5.74) is 0. The van der Waals surface area contributed by atoms with Crippen molar-refractivity contribution in [1.29, 1.82) is 0 Å². The predicted octanol–water partition coefficient (Wildman–Crippen LogP) is 12.1. The van der Waals surface area contributed by atoms with Crippen LogP contribution in [0.2, 0.25) is 0 Å². The van der Waals surface area contributed by atoms with Crippen molar-refractivity contribution in [2.75, 3.05) is 0 Å². The fourth-order valence-electron chi connectivity index (χ4n) is 5.24. The van der Waals surface area contributed by atoms with Gasteiger partial charge in [0, 0.05) is 18.8 Å². The van der Waals surface area contributed by atoms with Crippen molar-refractivity contribution in [2.24, 2.45) is 5.92 Å². The third-order valence-corrected chi connectivity index (χ3v) is 7.86. The molecule has 0 aromatic carbocycles. The van der Waals surface area contributed by atoms with Gasteiger partial charge in [0.2, 0.25) is 0 Å². The lowest BCUT2D eigenvalue weighted by Gasteiger charge is -2.14. The number of rotatable bonds is 31. The van der Waals surface area contributed by atoms with Gasteiger partial charge in [0.1, 0.15) is 12.1 Å².